The fourth-order valence-electron chi connectivity index (χ4n) is 3.68. The molecule has 3 aromatic carbocycles. The number of para-hydroxylation sites is 2. The number of anilines is 2. The van der Waals surface area contributed by atoms with Gasteiger partial charge in [0.15, 0.2) is 16.7 Å². The molecule has 188 valence electrons. The molecule has 0 aliphatic rings. The monoisotopic (exact) mass is 511 g/mol. The third-order valence-corrected chi connectivity index (χ3v) is 5.96. The van der Waals surface area contributed by atoms with E-state index in [0.29, 0.717) is 23.2 Å². The van der Waals surface area contributed by atoms with Gasteiger partial charge in [-0.15, -0.1) is 10.2 Å². The van der Waals surface area contributed by atoms with E-state index in [0.717, 1.165) is 16.8 Å². The van der Waals surface area contributed by atoms with Crippen LogP contribution in [-0.4, -0.2) is 21.3 Å². The maximum atomic E-state index is 12.7. The zero-order valence-electron chi connectivity index (χ0n) is 20.7. The molecule has 8 heteroatoms. The van der Waals surface area contributed by atoms with E-state index in [1.165, 1.54) is 5.56 Å². The number of nitrogens with two attached hydrogens (primary N) is 1. The molecule has 0 bridgehead atoms. The molecule has 37 heavy (non-hydrogen) atoms. The fraction of sp³-hybridized carbons (Fsp3) is 0.172. The van der Waals surface area contributed by atoms with Crippen LogP contribution in [0.2, 0.25) is 0 Å². The predicted octanol–water partition coefficient (Wildman–Crippen LogP) is 6.07. The highest BCUT2D eigenvalue weighted by atomic mass is 32.1. The van der Waals surface area contributed by atoms with E-state index in [1.807, 2.05) is 66.7 Å². The van der Waals surface area contributed by atoms with Gasteiger partial charge in [0, 0.05) is 11.6 Å². The van der Waals surface area contributed by atoms with Crippen LogP contribution in [0, 0.1) is 0 Å². The summed E-state index contributed by atoms with van der Waals surface area (Å²) in [6.07, 6.45) is 0.0431. The maximum Gasteiger partial charge on any atom is 0.313 e. The van der Waals surface area contributed by atoms with Gasteiger partial charge in [0.1, 0.15) is 0 Å². The van der Waals surface area contributed by atoms with Crippen LogP contribution in [0.3, 0.4) is 0 Å². The Labute approximate surface area is 222 Å². The highest BCUT2D eigenvalue weighted by Gasteiger charge is 2.16. The minimum atomic E-state index is -0.464. The van der Waals surface area contributed by atoms with Crippen LogP contribution in [0.1, 0.15) is 43.4 Å². The van der Waals surface area contributed by atoms with E-state index in [4.69, 9.17) is 22.7 Å². The first-order valence-corrected chi connectivity index (χ1v) is 12.4. The van der Waals surface area contributed by atoms with E-state index >= 15 is 0 Å². The van der Waals surface area contributed by atoms with Gasteiger partial charge in [0.25, 0.3) is 0 Å². The van der Waals surface area contributed by atoms with Gasteiger partial charge in [-0.1, -0.05) is 80.6 Å². The molecule has 1 unspecified atom stereocenters. The summed E-state index contributed by atoms with van der Waals surface area (Å²) in [7, 11) is 0. The van der Waals surface area contributed by atoms with Crippen LogP contribution >= 0.6 is 12.2 Å². The number of esters is 1. The van der Waals surface area contributed by atoms with E-state index in [2.05, 4.69) is 34.7 Å². The van der Waals surface area contributed by atoms with Crippen LogP contribution < -0.4 is 21.1 Å². The molecule has 0 fully saturated rings. The number of nitrogens with one attached hydrogen (secondary N) is 2. The third kappa shape index (κ3) is 7.19. The Balaban J connectivity index is 1.34. The molecular weight excluding hydrogens is 482 g/mol. The van der Waals surface area contributed by atoms with Crippen LogP contribution in [0.5, 0.6) is 5.75 Å². The minimum absolute atomic E-state index is 0.0431. The van der Waals surface area contributed by atoms with Crippen molar-refractivity contribution in [3.05, 3.63) is 102 Å². The van der Waals surface area contributed by atoms with Crippen LogP contribution in [0.15, 0.2) is 91.0 Å². The topological polar surface area (TPSA) is 102 Å². The molecule has 0 radical (unpaired) electrons. The molecule has 0 aliphatic heterocycles. The normalized spacial score (nSPS) is 11.6. The first kappa shape index (κ1) is 25.9. The lowest BCUT2D eigenvalue weighted by Gasteiger charge is -2.16. The molecule has 0 saturated carbocycles. The summed E-state index contributed by atoms with van der Waals surface area (Å²) in [6.45, 7) is 4.27. The third-order valence-electron chi connectivity index (χ3n) is 5.75. The Bertz CT molecular complexity index is 1340. The second-order valence-corrected chi connectivity index (χ2v) is 9.26. The number of rotatable bonds is 8. The number of carbonyl (C=O) groups excluding carboxylic acids is 1. The lowest BCUT2D eigenvalue weighted by Crippen LogP contribution is -2.22. The Morgan fingerprint density at radius 3 is 2.22 bits per heavy atom. The van der Waals surface area contributed by atoms with Gasteiger partial charge in [0.2, 0.25) is 0 Å². The second kappa shape index (κ2) is 12.2. The van der Waals surface area contributed by atoms with Crippen molar-refractivity contribution in [3.8, 4) is 17.0 Å². The number of benzene rings is 3. The molecule has 7 nitrogen and oxygen atoms in total. The molecule has 4 rings (SSSR count). The number of aromatic nitrogens is 2. The van der Waals surface area contributed by atoms with Crippen LogP contribution in [-0.2, 0) is 4.79 Å². The lowest BCUT2D eigenvalue weighted by atomic mass is 9.98. The van der Waals surface area contributed by atoms with Crippen molar-refractivity contribution in [1.82, 2.24) is 10.2 Å². The summed E-state index contributed by atoms with van der Waals surface area (Å²) < 4.78 is 5.62. The number of hydrogen-bond donors (Lipinski definition) is 3. The van der Waals surface area contributed by atoms with Crippen LogP contribution in [0.4, 0.5) is 11.5 Å². The van der Waals surface area contributed by atoms with Gasteiger partial charge < -0.3 is 21.1 Å². The van der Waals surface area contributed by atoms with Crippen molar-refractivity contribution in [3.63, 3.8) is 0 Å². The summed E-state index contributed by atoms with van der Waals surface area (Å²) >= 11 is 5.43. The van der Waals surface area contributed by atoms with E-state index < -0.39 is 12.0 Å². The van der Waals surface area contributed by atoms with Crippen LogP contribution in [0.25, 0.3) is 11.3 Å². The van der Waals surface area contributed by atoms with Crippen molar-refractivity contribution in [1.29, 1.82) is 0 Å². The zero-order chi connectivity index (χ0) is 26.2. The molecular formula is C29H29N5O2S. The number of carbonyl (C=O) groups is 1. The van der Waals surface area contributed by atoms with Crippen molar-refractivity contribution < 1.29 is 9.53 Å². The van der Waals surface area contributed by atoms with E-state index in [9.17, 15) is 4.79 Å². The van der Waals surface area contributed by atoms with Crippen molar-refractivity contribution in [2.45, 2.75) is 32.2 Å². The predicted molar refractivity (Wildman–Crippen MR) is 151 cm³/mol. The van der Waals surface area contributed by atoms with E-state index in [-0.39, 0.29) is 11.5 Å². The minimum Gasteiger partial charge on any atom is -0.424 e. The average Bonchev–Trinajstić information content (AvgIpc) is 2.90. The fourth-order valence-corrected chi connectivity index (χ4v) is 3.89. The van der Waals surface area contributed by atoms with E-state index in [1.54, 1.807) is 24.3 Å². The molecule has 1 atom stereocenters. The first-order valence-electron chi connectivity index (χ1n) is 12.0. The molecule has 0 saturated heterocycles. The second-order valence-electron chi connectivity index (χ2n) is 8.85. The Morgan fingerprint density at radius 2 is 1.54 bits per heavy atom. The molecule has 0 aliphatic carbocycles. The van der Waals surface area contributed by atoms with Crippen molar-refractivity contribution >= 4 is 34.8 Å². The molecule has 0 spiro atoms. The molecule has 4 N–H and O–H groups in total. The zero-order valence-corrected chi connectivity index (χ0v) is 21.5. The number of ether oxygens (including phenoxy) is 1. The molecule has 0 amide bonds. The van der Waals surface area contributed by atoms with Gasteiger partial charge in [-0.3, -0.25) is 4.79 Å². The number of nitrogens with zero attached hydrogens (tertiary/aromatic N) is 2. The van der Waals surface area contributed by atoms with Crippen molar-refractivity contribution in [2.75, 3.05) is 10.6 Å². The van der Waals surface area contributed by atoms with Gasteiger partial charge >= 0.3 is 5.97 Å². The largest absolute Gasteiger partial charge is 0.424 e. The van der Waals surface area contributed by atoms with Gasteiger partial charge in [-0.05, 0) is 53.5 Å². The van der Waals surface area contributed by atoms with Crippen molar-refractivity contribution in [2.24, 2.45) is 5.73 Å². The highest BCUT2D eigenvalue weighted by Crippen LogP contribution is 2.26. The van der Waals surface area contributed by atoms with Gasteiger partial charge in [0.05, 0.1) is 17.8 Å². The van der Waals surface area contributed by atoms with Gasteiger partial charge in [-0.2, -0.15) is 0 Å². The number of thiocarbonyl (C=S) groups is 1. The van der Waals surface area contributed by atoms with Gasteiger partial charge in [-0.25, -0.2) is 0 Å². The standard InChI is InChI=1S/C29H29N5O2S/c1-19(2)20-12-14-21(15-13-20)23(30)18-28(35)36-26-11-7-6-10-25(26)31-29(37)32-27-17-16-24(33-34-27)22-8-4-3-5-9-22/h3-17,19,23H,18,30H2,1-2H3,(H2,31,32,34,37). The quantitative estimate of drug-likeness (QED) is 0.149. The summed E-state index contributed by atoms with van der Waals surface area (Å²) in [5, 5.41) is 14.8. The summed E-state index contributed by atoms with van der Waals surface area (Å²) in [6, 6.07) is 28.0. The summed E-state index contributed by atoms with van der Waals surface area (Å²) in [4.78, 5) is 12.7. The molecule has 1 heterocycles. The number of hydrogen-bond acceptors (Lipinski definition) is 6. The molecule has 4 aromatic rings. The SMILES string of the molecule is CC(C)c1ccc(C(N)CC(=O)Oc2ccccc2NC(=S)Nc2ccc(-c3ccccc3)nn2)cc1. The molecule has 1 aromatic heterocycles. The maximum absolute atomic E-state index is 12.7. The Morgan fingerprint density at radius 1 is 0.865 bits per heavy atom. The Kier molecular flexibility index (Phi) is 8.56. The highest BCUT2D eigenvalue weighted by molar-refractivity contribution is 7.80. The first-order chi connectivity index (χ1) is 17.9. The summed E-state index contributed by atoms with van der Waals surface area (Å²) in [5.74, 6) is 0.835. The lowest BCUT2D eigenvalue weighted by molar-refractivity contribution is -0.134. The summed E-state index contributed by atoms with van der Waals surface area (Å²) in [5.41, 5.74) is 10.7. The smallest absolute Gasteiger partial charge is 0.313 e. The average molecular weight is 512 g/mol. The Hall–Kier alpha value is -4.14.